The van der Waals surface area contributed by atoms with Crippen molar-refractivity contribution in [3.05, 3.63) is 75.6 Å². The van der Waals surface area contributed by atoms with Crippen LogP contribution in [0, 0.1) is 5.82 Å². The molecule has 10 heteroatoms. The molecule has 1 fully saturated rings. The molecule has 1 aliphatic heterocycles. The summed E-state index contributed by atoms with van der Waals surface area (Å²) >= 11 is 1.12. The van der Waals surface area contributed by atoms with Gasteiger partial charge in [-0.3, -0.25) is 9.59 Å². The van der Waals surface area contributed by atoms with Crippen molar-refractivity contribution in [2.24, 2.45) is 7.05 Å². The van der Waals surface area contributed by atoms with E-state index in [1.807, 2.05) is 4.90 Å². The summed E-state index contributed by atoms with van der Waals surface area (Å²) in [5.74, 6) is -0.702. The molecule has 3 heterocycles. The highest BCUT2D eigenvalue weighted by Gasteiger charge is 2.30. The van der Waals surface area contributed by atoms with Crippen molar-refractivity contribution in [1.82, 2.24) is 8.94 Å². The summed E-state index contributed by atoms with van der Waals surface area (Å²) in [4.78, 5) is 38.0. The van der Waals surface area contributed by atoms with Gasteiger partial charge in [-0.15, -0.1) is 0 Å². The first-order valence-electron chi connectivity index (χ1n) is 11.6. The molecule has 190 valence electrons. The number of anilines is 1. The zero-order chi connectivity index (χ0) is 26.3. The number of esters is 1. The van der Waals surface area contributed by atoms with E-state index >= 15 is 4.39 Å². The third-order valence-electron chi connectivity index (χ3n) is 6.85. The fraction of sp³-hybridized carbons (Fsp3) is 0.259. The van der Waals surface area contributed by atoms with Crippen LogP contribution in [-0.4, -0.2) is 48.5 Å². The van der Waals surface area contributed by atoms with E-state index in [9.17, 15) is 14.4 Å². The van der Waals surface area contributed by atoms with Gasteiger partial charge in [0.1, 0.15) is 16.3 Å². The second kappa shape index (κ2) is 9.78. The highest BCUT2D eigenvalue weighted by Crippen LogP contribution is 2.41. The molecular weight excluding hydrogens is 497 g/mol. The zero-order valence-electron chi connectivity index (χ0n) is 20.5. The molecule has 2 aromatic heterocycles. The minimum Gasteiger partial charge on any atom is -0.496 e. The lowest BCUT2D eigenvalue weighted by atomic mass is 9.93. The van der Waals surface area contributed by atoms with Gasteiger partial charge in [-0.1, -0.05) is 0 Å². The number of halogens is 1. The van der Waals surface area contributed by atoms with Gasteiger partial charge in [0.2, 0.25) is 0 Å². The van der Waals surface area contributed by atoms with E-state index in [1.165, 1.54) is 24.9 Å². The quantitative estimate of drug-likeness (QED) is 0.274. The van der Waals surface area contributed by atoms with Crippen molar-refractivity contribution >= 4 is 39.6 Å². The van der Waals surface area contributed by atoms with Gasteiger partial charge in [0.25, 0.3) is 5.56 Å². The Labute approximate surface area is 216 Å². The molecule has 0 bridgehead atoms. The molecule has 0 spiro atoms. The van der Waals surface area contributed by atoms with Crippen molar-refractivity contribution in [3.63, 3.8) is 0 Å². The smallest absolute Gasteiger partial charge is 0.338 e. The second-order valence-corrected chi connectivity index (χ2v) is 9.72. The van der Waals surface area contributed by atoms with Gasteiger partial charge in [-0.2, -0.15) is 4.37 Å². The van der Waals surface area contributed by atoms with Crippen LogP contribution in [0.2, 0.25) is 0 Å². The van der Waals surface area contributed by atoms with E-state index in [4.69, 9.17) is 9.47 Å². The maximum absolute atomic E-state index is 15.7. The minimum atomic E-state index is -0.587. The molecule has 1 saturated heterocycles. The van der Waals surface area contributed by atoms with Crippen molar-refractivity contribution < 1.29 is 23.5 Å². The van der Waals surface area contributed by atoms with Gasteiger partial charge < -0.3 is 18.9 Å². The standard InChI is InChI=1S/C27H24FN3O5S/c1-30-13-21(20-11-29-37-25(20)26(30)33)17-8-22(28)24(23(9-17)35-2)15-6-7-31(12-15)18-5-4-16(14-32)19(10-18)27(34)36-3/h4-5,8-11,13-15H,6-7,12H2,1-3H3/t15-/m0/s1. The number of hydrogen-bond donors (Lipinski definition) is 0. The maximum Gasteiger partial charge on any atom is 0.338 e. The number of nitrogens with zero attached hydrogens (tertiary/aromatic N) is 3. The molecule has 0 unspecified atom stereocenters. The average Bonchev–Trinajstić information content (AvgIpc) is 3.60. The first-order chi connectivity index (χ1) is 17.9. The van der Waals surface area contributed by atoms with Gasteiger partial charge >= 0.3 is 5.97 Å². The fourth-order valence-corrected chi connectivity index (χ4v) is 5.72. The summed E-state index contributed by atoms with van der Waals surface area (Å²) < 4.78 is 32.3. The Morgan fingerprint density at radius 1 is 1.24 bits per heavy atom. The van der Waals surface area contributed by atoms with Crippen molar-refractivity contribution in [1.29, 1.82) is 0 Å². The number of ether oxygens (including phenoxy) is 2. The predicted octanol–water partition coefficient (Wildman–Crippen LogP) is 4.40. The van der Waals surface area contributed by atoms with Gasteiger partial charge in [-0.05, 0) is 53.8 Å². The van der Waals surface area contributed by atoms with Gasteiger partial charge in [0.15, 0.2) is 6.29 Å². The summed E-state index contributed by atoms with van der Waals surface area (Å²) in [6.07, 6.45) is 4.61. The predicted molar refractivity (Wildman–Crippen MR) is 140 cm³/mol. The van der Waals surface area contributed by atoms with E-state index < -0.39 is 11.8 Å². The van der Waals surface area contributed by atoms with E-state index in [0.717, 1.165) is 17.2 Å². The maximum atomic E-state index is 15.7. The molecule has 0 saturated carbocycles. The molecule has 1 aliphatic rings. The third-order valence-corrected chi connectivity index (χ3v) is 7.64. The lowest BCUT2D eigenvalue weighted by Crippen LogP contribution is -2.20. The molecule has 0 amide bonds. The Bertz CT molecular complexity index is 1600. The van der Waals surface area contributed by atoms with Gasteiger partial charge in [0, 0.05) is 66.2 Å². The van der Waals surface area contributed by atoms with Crippen LogP contribution >= 0.6 is 11.5 Å². The number of benzene rings is 2. The first-order valence-corrected chi connectivity index (χ1v) is 12.4. The number of methoxy groups -OCH3 is 2. The summed E-state index contributed by atoms with van der Waals surface area (Å²) in [5.41, 5.74) is 2.83. The number of carbonyl (C=O) groups excluding carboxylic acids is 2. The van der Waals surface area contributed by atoms with E-state index in [0.29, 0.717) is 58.3 Å². The lowest BCUT2D eigenvalue weighted by Gasteiger charge is -2.21. The Hall–Kier alpha value is -4.05. The molecule has 2 aromatic carbocycles. The average molecular weight is 522 g/mol. The Morgan fingerprint density at radius 3 is 2.78 bits per heavy atom. The van der Waals surface area contributed by atoms with Crippen LogP contribution < -0.4 is 15.2 Å². The highest BCUT2D eigenvalue weighted by atomic mass is 32.1. The molecule has 37 heavy (non-hydrogen) atoms. The molecule has 0 N–H and O–H groups in total. The summed E-state index contributed by atoms with van der Waals surface area (Å²) in [5, 5.41) is 0.675. The van der Waals surface area contributed by atoms with Crippen LogP contribution in [0.3, 0.4) is 0 Å². The summed E-state index contributed by atoms with van der Waals surface area (Å²) in [7, 11) is 4.44. The van der Waals surface area contributed by atoms with Crippen molar-refractivity contribution in [2.45, 2.75) is 12.3 Å². The van der Waals surface area contributed by atoms with E-state index in [2.05, 4.69) is 4.37 Å². The normalized spacial score (nSPS) is 15.2. The first kappa shape index (κ1) is 24.6. The highest BCUT2D eigenvalue weighted by molar-refractivity contribution is 7.13. The number of rotatable bonds is 6. The summed E-state index contributed by atoms with van der Waals surface area (Å²) in [6.45, 7) is 1.14. The molecule has 1 atom stereocenters. The summed E-state index contributed by atoms with van der Waals surface area (Å²) in [6, 6.07) is 8.27. The Morgan fingerprint density at radius 2 is 2.05 bits per heavy atom. The monoisotopic (exact) mass is 521 g/mol. The number of aldehydes is 1. The third kappa shape index (κ3) is 4.27. The minimum absolute atomic E-state index is 0.145. The van der Waals surface area contributed by atoms with Crippen LogP contribution in [0.5, 0.6) is 5.75 Å². The van der Waals surface area contributed by atoms with E-state index in [-0.39, 0.29) is 22.6 Å². The number of fused-ring (bicyclic) bond motifs is 1. The van der Waals surface area contributed by atoms with Crippen LogP contribution in [0.15, 0.2) is 47.5 Å². The molecule has 0 aliphatic carbocycles. The van der Waals surface area contributed by atoms with E-state index in [1.54, 1.807) is 43.7 Å². The lowest BCUT2D eigenvalue weighted by molar-refractivity contribution is 0.0598. The topological polar surface area (TPSA) is 90.7 Å². The van der Waals surface area contributed by atoms with Crippen molar-refractivity contribution in [3.8, 4) is 16.9 Å². The molecular formula is C27H24FN3O5S. The second-order valence-electron chi connectivity index (χ2n) is 8.91. The number of hydrogen-bond acceptors (Lipinski definition) is 8. The molecule has 5 rings (SSSR count). The van der Waals surface area contributed by atoms with Crippen LogP contribution in [0.4, 0.5) is 10.1 Å². The number of aromatic nitrogens is 2. The Kier molecular flexibility index (Phi) is 6.51. The molecule has 4 aromatic rings. The van der Waals surface area contributed by atoms with Crippen LogP contribution in [-0.2, 0) is 11.8 Å². The number of aryl methyl sites for hydroxylation is 1. The van der Waals surface area contributed by atoms with Crippen LogP contribution in [0.1, 0.15) is 38.6 Å². The number of pyridine rings is 1. The number of carbonyl (C=O) groups is 2. The van der Waals surface area contributed by atoms with Crippen molar-refractivity contribution in [2.75, 3.05) is 32.2 Å². The zero-order valence-corrected chi connectivity index (χ0v) is 21.3. The fourth-order valence-electron chi connectivity index (χ4n) is 4.97. The molecule has 8 nitrogen and oxygen atoms in total. The van der Waals surface area contributed by atoms with Crippen LogP contribution in [0.25, 0.3) is 21.2 Å². The molecule has 0 radical (unpaired) electrons. The Balaban J connectivity index is 1.49. The van der Waals surface area contributed by atoms with Gasteiger partial charge in [0.05, 0.1) is 19.8 Å². The van der Waals surface area contributed by atoms with Gasteiger partial charge in [-0.25, -0.2) is 9.18 Å². The SMILES string of the molecule is COC(=O)c1cc(N2CC[C@H](c3c(F)cc(-c4cn(C)c(=O)c5sncc45)cc3OC)C2)ccc1C=O. The largest absolute Gasteiger partial charge is 0.496 e.